The molecule has 0 bridgehead atoms. The van der Waals surface area contributed by atoms with Crippen molar-refractivity contribution in [2.45, 2.75) is 12.8 Å². The third-order valence-corrected chi connectivity index (χ3v) is 1.96. The zero-order valence-corrected chi connectivity index (χ0v) is 6.14. The van der Waals surface area contributed by atoms with Crippen molar-refractivity contribution in [3.63, 3.8) is 0 Å². The zero-order chi connectivity index (χ0) is 6.69. The third kappa shape index (κ3) is 1.95. The van der Waals surface area contributed by atoms with Gasteiger partial charge in [0.15, 0.2) is 0 Å². The van der Waals surface area contributed by atoms with Crippen molar-refractivity contribution in [1.29, 1.82) is 0 Å². The lowest BCUT2D eigenvalue weighted by atomic mass is 9.96. The second kappa shape index (κ2) is 3.18. The maximum Gasteiger partial charge on any atom is 0.00190 e. The Morgan fingerprint density at radius 1 is 1.56 bits per heavy atom. The molecular formula is C7H16N2. The van der Waals surface area contributed by atoms with Crippen molar-refractivity contribution in [1.82, 2.24) is 4.90 Å². The van der Waals surface area contributed by atoms with Gasteiger partial charge in [-0.3, -0.25) is 0 Å². The van der Waals surface area contributed by atoms with E-state index < -0.39 is 0 Å². The molecule has 1 fully saturated rings. The summed E-state index contributed by atoms with van der Waals surface area (Å²) >= 11 is 0. The van der Waals surface area contributed by atoms with Gasteiger partial charge in [0.05, 0.1) is 0 Å². The molecule has 2 nitrogen and oxygen atoms in total. The van der Waals surface area contributed by atoms with E-state index in [4.69, 9.17) is 5.73 Å². The Morgan fingerprint density at radius 3 is 2.67 bits per heavy atom. The van der Waals surface area contributed by atoms with E-state index in [0.29, 0.717) is 0 Å². The van der Waals surface area contributed by atoms with Crippen LogP contribution in [0.15, 0.2) is 0 Å². The summed E-state index contributed by atoms with van der Waals surface area (Å²) in [7, 11) is 2.17. The summed E-state index contributed by atoms with van der Waals surface area (Å²) in [4.78, 5) is 2.35. The number of nitrogens with zero attached hydrogens (tertiary/aromatic N) is 1. The molecule has 0 amide bonds. The first-order chi connectivity index (χ1) is 4.33. The van der Waals surface area contributed by atoms with Crippen LogP contribution in [-0.4, -0.2) is 31.6 Å². The minimum absolute atomic E-state index is 0.861. The van der Waals surface area contributed by atoms with Crippen LogP contribution in [0.4, 0.5) is 0 Å². The Balaban J connectivity index is 1.91. The second-order valence-electron chi connectivity index (χ2n) is 3.02. The predicted molar refractivity (Wildman–Crippen MR) is 39.3 cm³/mol. The van der Waals surface area contributed by atoms with Crippen molar-refractivity contribution in [2.75, 3.05) is 26.7 Å². The average Bonchev–Trinajstić information content (AvgIpc) is 1.78. The maximum atomic E-state index is 5.38. The molecule has 2 heteroatoms. The van der Waals surface area contributed by atoms with E-state index in [2.05, 4.69) is 11.9 Å². The standard InChI is InChI=1S/C7H16N2/c1-9-5-7(6-9)3-2-4-8/h7H,2-6,8H2,1H3. The Morgan fingerprint density at radius 2 is 2.22 bits per heavy atom. The zero-order valence-electron chi connectivity index (χ0n) is 6.14. The van der Waals surface area contributed by atoms with E-state index in [1.54, 1.807) is 0 Å². The molecule has 0 spiro atoms. The number of hydrogen-bond donors (Lipinski definition) is 1. The summed E-state index contributed by atoms with van der Waals surface area (Å²) in [6.07, 6.45) is 2.54. The van der Waals surface area contributed by atoms with Gasteiger partial charge in [-0.2, -0.15) is 0 Å². The molecule has 9 heavy (non-hydrogen) atoms. The molecule has 0 atom stereocenters. The van der Waals surface area contributed by atoms with Gasteiger partial charge in [-0.1, -0.05) is 0 Å². The first kappa shape index (κ1) is 7.03. The second-order valence-corrected chi connectivity index (χ2v) is 3.02. The summed E-state index contributed by atoms with van der Waals surface area (Å²) in [6.45, 7) is 3.44. The van der Waals surface area contributed by atoms with Crippen LogP contribution in [0.2, 0.25) is 0 Å². The quantitative estimate of drug-likeness (QED) is 0.592. The van der Waals surface area contributed by atoms with Crippen molar-refractivity contribution < 1.29 is 0 Å². The molecule has 1 aliphatic rings. The van der Waals surface area contributed by atoms with Gasteiger partial charge >= 0.3 is 0 Å². The maximum absolute atomic E-state index is 5.38. The molecule has 1 aliphatic heterocycles. The minimum Gasteiger partial charge on any atom is -0.330 e. The van der Waals surface area contributed by atoms with E-state index in [-0.39, 0.29) is 0 Å². The highest BCUT2D eigenvalue weighted by molar-refractivity contribution is 4.76. The summed E-state index contributed by atoms with van der Waals surface area (Å²) < 4.78 is 0. The van der Waals surface area contributed by atoms with Crippen LogP contribution in [-0.2, 0) is 0 Å². The van der Waals surface area contributed by atoms with E-state index >= 15 is 0 Å². The smallest absolute Gasteiger partial charge is 0.00190 e. The van der Waals surface area contributed by atoms with Gasteiger partial charge in [-0.15, -0.1) is 0 Å². The number of nitrogens with two attached hydrogens (primary N) is 1. The van der Waals surface area contributed by atoms with Crippen LogP contribution in [0.1, 0.15) is 12.8 Å². The minimum atomic E-state index is 0.861. The van der Waals surface area contributed by atoms with Gasteiger partial charge in [0.1, 0.15) is 0 Å². The molecule has 0 aromatic carbocycles. The molecule has 0 radical (unpaired) electrons. The lowest BCUT2D eigenvalue weighted by molar-refractivity contribution is 0.126. The molecule has 2 N–H and O–H groups in total. The molecule has 0 unspecified atom stereocenters. The highest BCUT2D eigenvalue weighted by Crippen LogP contribution is 2.17. The SMILES string of the molecule is CN1CC(CCCN)C1. The van der Waals surface area contributed by atoms with Crippen LogP contribution in [0, 0.1) is 5.92 Å². The molecule has 1 rings (SSSR count). The van der Waals surface area contributed by atoms with Gasteiger partial charge in [0, 0.05) is 13.1 Å². The van der Waals surface area contributed by atoms with Gasteiger partial charge in [0.2, 0.25) is 0 Å². The van der Waals surface area contributed by atoms with E-state index in [9.17, 15) is 0 Å². The van der Waals surface area contributed by atoms with E-state index in [1.165, 1.54) is 25.9 Å². The number of rotatable bonds is 3. The van der Waals surface area contributed by atoms with Crippen molar-refractivity contribution in [3.8, 4) is 0 Å². The highest BCUT2D eigenvalue weighted by atomic mass is 15.2. The Kier molecular flexibility index (Phi) is 2.49. The van der Waals surface area contributed by atoms with Crippen LogP contribution < -0.4 is 5.73 Å². The van der Waals surface area contributed by atoms with E-state index in [0.717, 1.165) is 12.5 Å². The van der Waals surface area contributed by atoms with E-state index in [1.807, 2.05) is 0 Å². The topological polar surface area (TPSA) is 29.3 Å². The lowest BCUT2D eigenvalue weighted by Gasteiger charge is -2.36. The normalized spacial score (nSPS) is 22.0. The summed E-state index contributed by atoms with van der Waals surface area (Å²) in [5, 5.41) is 0. The van der Waals surface area contributed by atoms with Gasteiger partial charge < -0.3 is 10.6 Å². The lowest BCUT2D eigenvalue weighted by Crippen LogP contribution is -2.43. The van der Waals surface area contributed by atoms with Crippen LogP contribution in [0.25, 0.3) is 0 Å². The van der Waals surface area contributed by atoms with Gasteiger partial charge in [-0.25, -0.2) is 0 Å². The fraction of sp³-hybridized carbons (Fsp3) is 1.00. The fourth-order valence-electron chi connectivity index (χ4n) is 1.42. The fourth-order valence-corrected chi connectivity index (χ4v) is 1.42. The van der Waals surface area contributed by atoms with Crippen molar-refractivity contribution >= 4 is 0 Å². The van der Waals surface area contributed by atoms with Crippen molar-refractivity contribution in [2.24, 2.45) is 11.7 Å². The molecule has 0 aliphatic carbocycles. The molecule has 1 saturated heterocycles. The van der Waals surface area contributed by atoms with Crippen LogP contribution in [0.3, 0.4) is 0 Å². The van der Waals surface area contributed by atoms with Crippen molar-refractivity contribution in [3.05, 3.63) is 0 Å². The molecule has 0 saturated carbocycles. The Bertz CT molecular complexity index is 77.0. The first-order valence-electron chi connectivity index (χ1n) is 3.71. The first-order valence-corrected chi connectivity index (χ1v) is 3.71. The monoisotopic (exact) mass is 128 g/mol. The molecule has 0 aromatic rings. The molecule has 1 heterocycles. The summed E-state index contributed by atoms with van der Waals surface area (Å²) in [5.41, 5.74) is 5.38. The summed E-state index contributed by atoms with van der Waals surface area (Å²) in [5.74, 6) is 0.957. The Hall–Kier alpha value is -0.0800. The molecule has 0 aromatic heterocycles. The Labute approximate surface area is 57.0 Å². The third-order valence-electron chi connectivity index (χ3n) is 1.96. The average molecular weight is 128 g/mol. The highest BCUT2D eigenvalue weighted by Gasteiger charge is 2.21. The largest absolute Gasteiger partial charge is 0.330 e. The number of likely N-dealkylation sites (tertiary alicyclic amines) is 1. The molecular weight excluding hydrogens is 112 g/mol. The number of hydrogen-bond acceptors (Lipinski definition) is 2. The molecule has 54 valence electrons. The van der Waals surface area contributed by atoms with Gasteiger partial charge in [0.25, 0.3) is 0 Å². The van der Waals surface area contributed by atoms with Crippen LogP contribution in [0.5, 0.6) is 0 Å². The summed E-state index contributed by atoms with van der Waals surface area (Å²) in [6, 6.07) is 0. The predicted octanol–water partition coefficient (Wildman–Crippen LogP) is 0.287. The van der Waals surface area contributed by atoms with Gasteiger partial charge in [-0.05, 0) is 32.4 Å². The van der Waals surface area contributed by atoms with Crippen LogP contribution >= 0.6 is 0 Å².